The highest BCUT2D eigenvalue weighted by Crippen LogP contribution is 1.98. The molecule has 0 aliphatic rings. The summed E-state index contributed by atoms with van der Waals surface area (Å²) in [4.78, 5) is 0. The Labute approximate surface area is 67.7 Å². The molecule has 0 spiro atoms. The van der Waals surface area contributed by atoms with E-state index in [0.717, 1.165) is 0 Å². The van der Waals surface area contributed by atoms with Gasteiger partial charge in [0.05, 0.1) is 8.96 Å². The first kappa shape index (κ1) is 10.4. The molecule has 0 aromatic carbocycles. The third kappa shape index (κ3) is 2.96. The molecule has 0 aromatic heterocycles. The average molecular weight is 177 g/mol. The third-order valence-electron chi connectivity index (χ3n) is 1.84. The van der Waals surface area contributed by atoms with E-state index in [2.05, 4.69) is 30.8 Å². The van der Waals surface area contributed by atoms with E-state index in [1.54, 1.807) is 0 Å². The van der Waals surface area contributed by atoms with Crippen molar-refractivity contribution in [2.75, 3.05) is 13.7 Å². The van der Waals surface area contributed by atoms with Crippen LogP contribution < -0.4 is 0 Å². The zero-order chi connectivity index (χ0) is 8.15. The number of nitrogens with zero attached hydrogens (tertiary/aromatic N) is 1. The summed E-state index contributed by atoms with van der Waals surface area (Å²) in [6.45, 7) is 10.3. The van der Waals surface area contributed by atoms with E-state index >= 15 is 0 Å². The van der Waals surface area contributed by atoms with Crippen molar-refractivity contribution in [1.29, 1.82) is 0 Å². The maximum absolute atomic E-state index is 5.36. The number of hydrogen-bond acceptors (Lipinski definition) is 2. The molecule has 0 saturated carbocycles. The van der Waals surface area contributed by atoms with Crippen LogP contribution in [-0.4, -0.2) is 36.0 Å². The summed E-state index contributed by atoms with van der Waals surface area (Å²) >= 11 is 0. The maximum Gasteiger partial charge on any atom is 0.244 e. The lowest BCUT2D eigenvalue weighted by Gasteiger charge is -2.28. The summed E-state index contributed by atoms with van der Waals surface area (Å²) < 4.78 is 7.93. The summed E-state index contributed by atoms with van der Waals surface area (Å²) in [7, 11) is 0.280. The van der Waals surface area contributed by atoms with Crippen LogP contribution in [0.1, 0.15) is 6.92 Å². The minimum absolute atomic E-state index is 0.591. The van der Waals surface area contributed by atoms with E-state index in [9.17, 15) is 0 Å². The zero-order valence-electron chi connectivity index (χ0n) is 7.72. The van der Waals surface area contributed by atoms with Crippen LogP contribution in [0.5, 0.6) is 0 Å². The topological polar surface area (TPSA) is 12.5 Å². The molecule has 0 saturated heterocycles. The van der Waals surface area contributed by atoms with Gasteiger partial charge in [0.25, 0.3) is 0 Å². The fraction of sp³-hybridized carbons (Fsp3) is 1.00. The Balaban J connectivity index is 3.80. The molecular formula is C6H19NOSi2. The van der Waals surface area contributed by atoms with Crippen LogP contribution in [0.3, 0.4) is 0 Å². The maximum atomic E-state index is 5.36. The van der Waals surface area contributed by atoms with Crippen LogP contribution in [0.4, 0.5) is 0 Å². The minimum atomic E-state index is -0.959. The lowest BCUT2D eigenvalue weighted by molar-refractivity contribution is 0.381. The highest BCUT2D eigenvalue weighted by molar-refractivity contribution is 6.67. The normalized spacial score (nSPS) is 14.7. The fourth-order valence-corrected chi connectivity index (χ4v) is 6.42. The molecule has 2 nitrogen and oxygen atoms in total. The molecule has 0 heterocycles. The van der Waals surface area contributed by atoms with E-state index in [-0.39, 0.29) is 0 Å². The molecule has 0 aromatic rings. The Morgan fingerprint density at radius 3 is 1.90 bits per heavy atom. The summed E-state index contributed by atoms with van der Waals surface area (Å²) in [5, 5.41) is 0. The fourth-order valence-electron chi connectivity index (χ4n) is 1.18. The molecule has 10 heavy (non-hydrogen) atoms. The van der Waals surface area contributed by atoms with Gasteiger partial charge in [0.15, 0.2) is 0 Å². The molecule has 0 aliphatic heterocycles. The quantitative estimate of drug-likeness (QED) is 0.589. The zero-order valence-corrected chi connectivity index (χ0v) is 10.0. The first-order valence-electron chi connectivity index (χ1n) is 3.92. The Bertz CT molecular complexity index is 89.8. The molecule has 1 atom stereocenters. The Kier molecular flexibility index (Phi) is 5.24. The first-order chi connectivity index (χ1) is 4.63. The second-order valence-corrected chi connectivity index (χ2v) is 8.54. The van der Waals surface area contributed by atoms with E-state index in [1.807, 2.05) is 7.11 Å². The Morgan fingerprint density at radius 1 is 1.30 bits per heavy atom. The van der Waals surface area contributed by atoms with Gasteiger partial charge in [0, 0.05) is 7.11 Å². The second kappa shape index (κ2) is 5.06. The van der Waals surface area contributed by atoms with Crippen molar-refractivity contribution in [1.82, 2.24) is 4.23 Å². The molecule has 0 N–H and O–H groups in total. The van der Waals surface area contributed by atoms with Crippen LogP contribution in [0.2, 0.25) is 19.6 Å². The summed E-state index contributed by atoms with van der Waals surface area (Å²) in [6, 6.07) is 0. The molecule has 0 rings (SSSR count). The van der Waals surface area contributed by atoms with Crippen LogP contribution in [0.25, 0.3) is 0 Å². The minimum Gasteiger partial charge on any atom is -0.409 e. The summed E-state index contributed by atoms with van der Waals surface area (Å²) in [6.07, 6.45) is 0. The molecule has 0 amide bonds. The molecule has 0 aliphatic carbocycles. The van der Waals surface area contributed by atoms with Gasteiger partial charge in [-0.25, -0.2) is 0 Å². The van der Waals surface area contributed by atoms with E-state index in [0.29, 0.717) is 0 Å². The van der Waals surface area contributed by atoms with Crippen LogP contribution in [0.15, 0.2) is 0 Å². The van der Waals surface area contributed by atoms with Gasteiger partial charge in [-0.3, -0.25) is 0 Å². The highest BCUT2D eigenvalue weighted by atomic mass is 28.4. The van der Waals surface area contributed by atoms with Gasteiger partial charge in [0.1, 0.15) is 0 Å². The number of hydrogen-bond donors (Lipinski definition) is 0. The van der Waals surface area contributed by atoms with Crippen LogP contribution >= 0.6 is 0 Å². The predicted molar refractivity (Wildman–Crippen MR) is 51.3 cm³/mol. The third-order valence-corrected chi connectivity index (χ3v) is 8.56. The van der Waals surface area contributed by atoms with Gasteiger partial charge < -0.3 is 8.66 Å². The first-order valence-corrected chi connectivity index (χ1v) is 8.88. The molecule has 62 valence electrons. The van der Waals surface area contributed by atoms with Crippen LogP contribution in [-0.2, 0) is 4.43 Å². The highest BCUT2D eigenvalue weighted by Gasteiger charge is 2.16. The van der Waals surface area contributed by atoms with Crippen molar-refractivity contribution in [3.63, 3.8) is 0 Å². The van der Waals surface area contributed by atoms with Crippen molar-refractivity contribution in [2.24, 2.45) is 0 Å². The molecule has 4 heteroatoms. The largest absolute Gasteiger partial charge is 0.409 e. The summed E-state index contributed by atoms with van der Waals surface area (Å²) in [5.74, 6) is 0. The lowest BCUT2D eigenvalue weighted by atomic mass is 10.8. The van der Waals surface area contributed by atoms with Crippen molar-refractivity contribution >= 4 is 18.2 Å². The average Bonchev–Trinajstić information content (AvgIpc) is 1.88. The monoisotopic (exact) mass is 177 g/mol. The molecule has 0 radical (unpaired) electrons. The van der Waals surface area contributed by atoms with E-state index in [1.165, 1.54) is 6.54 Å². The molecule has 0 bridgehead atoms. The van der Waals surface area contributed by atoms with Crippen molar-refractivity contribution in [2.45, 2.75) is 26.6 Å². The van der Waals surface area contributed by atoms with Crippen molar-refractivity contribution < 1.29 is 4.43 Å². The smallest absolute Gasteiger partial charge is 0.244 e. The number of rotatable bonds is 4. The van der Waals surface area contributed by atoms with Gasteiger partial charge in [-0.15, -0.1) is 0 Å². The van der Waals surface area contributed by atoms with Gasteiger partial charge in [-0.05, 0) is 13.1 Å². The van der Waals surface area contributed by atoms with E-state index < -0.39 is 18.2 Å². The predicted octanol–water partition coefficient (Wildman–Crippen LogP) is 0.788. The molecule has 0 fully saturated rings. The molecule has 1 unspecified atom stereocenters. The van der Waals surface area contributed by atoms with Gasteiger partial charge >= 0.3 is 0 Å². The SMILES string of the molecule is CCN([SiH](C)C)[SiH](C)OC. The summed E-state index contributed by atoms with van der Waals surface area (Å²) in [5.41, 5.74) is 0. The Morgan fingerprint density at radius 2 is 1.80 bits per heavy atom. The van der Waals surface area contributed by atoms with Gasteiger partial charge in [0.2, 0.25) is 9.20 Å². The van der Waals surface area contributed by atoms with Crippen LogP contribution in [0, 0.1) is 0 Å². The van der Waals surface area contributed by atoms with E-state index in [4.69, 9.17) is 4.43 Å². The van der Waals surface area contributed by atoms with Gasteiger partial charge in [-0.2, -0.15) is 0 Å². The van der Waals surface area contributed by atoms with Crippen molar-refractivity contribution in [3.05, 3.63) is 0 Å². The van der Waals surface area contributed by atoms with Crippen molar-refractivity contribution in [3.8, 4) is 0 Å². The lowest BCUT2D eigenvalue weighted by Crippen LogP contribution is -2.45. The molecular weight excluding hydrogens is 158 g/mol. The Hall–Kier alpha value is 0.354. The van der Waals surface area contributed by atoms with Gasteiger partial charge in [-0.1, -0.05) is 20.0 Å². The second-order valence-electron chi connectivity index (χ2n) is 2.76. The standard InChI is InChI=1S/C6H19NOSi2/c1-6-7(9(3)4)10(5)8-2/h9-10H,6H2,1-5H3.